The van der Waals surface area contributed by atoms with Gasteiger partial charge < -0.3 is 15.2 Å². The van der Waals surface area contributed by atoms with E-state index in [9.17, 15) is 19.5 Å². The zero-order valence-electron chi connectivity index (χ0n) is 15.3. The molecular weight excluding hydrogens is 507 g/mol. The van der Waals surface area contributed by atoms with E-state index in [-0.39, 0.29) is 17.2 Å². The lowest BCUT2D eigenvalue weighted by atomic mass is 10.2. The number of aromatic hydroxyl groups is 1. The van der Waals surface area contributed by atoms with Gasteiger partial charge in [0.25, 0.3) is 11.1 Å². The van der Waals surface area contributed by atoms with Crippen molar-refractivity contribution >= 4 is 63.2 Å². The van der Waals surface area contributed by atoms with Gasteiger partial charge in [-0.3, -0.25) is 19.3 Å². The van der Waals surface area contributed by atoms with Gasteiger partial charge in [-0.25, -0.2) is 0 Å². The van der Waals surface area contributed by atoms with Gasteiger partial charge in [0.15, 0.2) is 11.5 Å². The highest BCUT2D eigenvalue weighted by molar-refractivity contribution is 14.1. The van der Waals surface area contributed by atoms with Crippen LogP contribution in [0.15, 0.2) is 47.4 Å². The van der Waals surface area contributed by atoms with Gasteiger partial charge in [-0.15, -0.1) is 0 Å². The number of thioether (sulfide) groups is 1. The van der Waals surface area contributed by atoms with Crippen LogP contribution >= 0.6 is 34.4 Å². The summed E-state index contributed by atoms with van der Waals surface area (Å²) in [6.07, 6.45) is 1.55. The van der Waals surface area contributed by atoms with Crippen LogP contribution in [0.2, 0.25) is 0 Å². The molecule has 0 radical (unpaired) electrons. The molecule has 0 saturated carbocycles. The van der Waals surface area contributed by atoms with Crippen molar-refractivity contribution in [1.29, 1.82) is 0 Å². The molecule has 1 heterocycles. The lowest BCUT2D eigenvalue weighted by molar-refractivity contribution is -0.127. The minimum absolute atomic E-state index is 0.0234. The number of imide groups is 1. The standard InChI is InChI=1S/C20H17IN2O5S/c1-2-28-15-9-12(8-14(21)18(15)25)10-16-19(26)23(20(27)29-16)11-17(24)22-13-6-4-3-5-7-13/h3-10,25H,2,11H2,1H3,(H,22,24)/b16-10+. The van der Waals surface area contributed by atoms with Crippen LogP contribution in [-0.4, -0.2) is 40.2 Å². The van der Waals surface area contributed by atoms with Crippen molar-refractivity contribution in [1.82, 2.24) is 4.90 Å². The molecule has 2 aromatic carbocycles. The van der Waals surface area contributed by atoms with Gasteiger partial charge in [0.05, 0.1) is 15.1 Å². The number of nitrogens with zero attached hydrogens (tertiary/aromatic N) is 1. The summed E-state index contributed by atoms with van der Waals surface area (Å²) in [5.74, 6) is -0.677. The van der Waals surface area contributed by atoms with Crippen molar-refractivity contribution in [3.05, 3.63) is 56.5 Å². The number of rotatable bonds is 6. The maximum Gasteiger partial charge on any atom is 0.294 e. The third-order valence-electron chi connectivity index (χ3n) is 3.88. The van der Waals surface area contributed by atoms with Crippen LogP contribution in [0.3, 0.4) is 0 Å². The van der Waals surface area contributed by atoms with Crippen LogP contribution in [0, 0.1) is 3.57 Å². The lowest BCUT2D eigenvalue weighted by Gasteiger charge is -2.12. The van der Waals surface area contributed by atoms with E-state index in [2.05, 4.69) is 5.32 Å². The minimum Gasteiger partial charge on any atom is -0.504 e. The Bertz CT molecular complexity index is 994. The zero-order chi connectivity index (χ0) is 21.0. The largest absolute Gasteiger partial charge is 0.504 e. The van der Waals surface area contributed by atoms with E-state index in [1.165, 1.54) is 0 Å². The number of carbonyl (C=O) groups excluding carboxylic acids is 3. The number of carbonyl (C=O) groups is 3. The summed E-state index contributed by atoms with van der Waals surface area (Å²) in [7, 11) is 0. The van der Waals surface area contributed by atoms with Crippen molar-refractivity contribution in [2.24, 2.45) is 0 Å². The molecule has 150 valence electrons. The Hall–Kier alpha value is -2.53. The second-order valence-corrected chi connectivity index (χ2v) is 8.12. The predicted molar refractivity (Wildman–Crippen MR) is 120 cm³/mol. The summed E-state index contributed by atoms with van der Waals surface area (Å²) in [6.45, 7) is 1.80. The Morgan fingerprint density at radius 1 is 1.28 bits per heavy atom. The van der Waals surface area contributed by atoms with E-state index in [0.29, 0.717) is 27.2 Å². The first-order valence-corrected chi connectivity index (χ1v) is 10.5. The van der Waals surface area contributed by atoms with E-state index < -0.39 is 17.1 Å². The van der Waals surface area contributed by atoms with Gasteiger partial charge in [0, 0.05) is 5.69 Å². The third kappa shape index (κ3) is 5.10. The summed E-state index contributed by atoms with van der Waals surface area (Å²) in [4.78, 5) is 38.2. The molecule has 0 spiro atoms. The Balaban J connectivity index is 1.75. The topological polar surface area (TPSA) is 95.9 Å². The Morgan fingerprint density at radius 2 is 2.00 bits per heavy atom. The van der Waals surface area contributed by atoms with Gasteiger partial charge in [-0.1, -0.05) is 18.2 Å². The molecule has 1 aliphatic heterocycles. The van der Waals surface area contributed by atoms with Gasteiger partial charge >= 0.3 is 0 Å². The molecule has 2 aromatic rings. The van der Waals surface area contributed by atoms with Crippen molar-refractivity contribution in [3.8, 4) is 11.5 Å². The van der Waals surface area contributed by atoms with Gasteiger partial charge in [-0.05, 0) is 77.2 Å². The van der Waals surface area contributed by atoms with Crippen LogP contribution in [0.1, 0.15) is 12.5 Å². The van der Waals surface area contributed by atoms with Crippen LogP contribution in [0.25, 0.3) is 6.08 Å². The average Bonchev–Trinajstić information content (AvgIpc) is 2.94. The first-order chi connectivity index (χ1) is 13.9. The first-order valence-electron chi connectivity index (χ1n) is 8.64. The zero-order valence-corrected chi connectivity index (χ0v) is 18.3. The molecule has 0 aliphatic carbocycles. The van der Waals surface area contributed by atoms with Crippen LogP contribution in [-0.2, 0) is 9.59 Å². The predicted octanol–water partition coefficient (Wildman–Crippen LogP) is 4.07. The quantitative estimate of drug-likeness (QED) is 0.437. The molecule has 2 N–H and O–H groups in total. The number of nitrogens with one attached hydrogen (secondary N) is 1. The number of para-hydroxylation sites is 1. The molecule has 0 aromatic heterocycles. The maximum absolute atomic E-state index is 12.6. The summed E-state index contributed by atoms with van der Waals surface area (Å²) in [5.41, 5.74) is 1.19. The average molecular weight is 524 g/mol. The SMILES string of the molecule is CCOc1cc(/C=C2/SC(=O)N(CC(=O)Nc3ccccc3)C2=O)cc(I)c1O. The molecule has 29 heavy (non-hydrogen) atoms. The smallest absolute Gasteiger partial charge is 0.294 e. The number of phenols is 1. The number of halogens is 1. The highest BCUT2D eigenvalue weighted by Gasteiger charge is 2.36. The van der Waals surface area contributed by atoms with Crippen LogP contribution in [0.4, 0.5) is 10.5 Å². The summed E-state index contributed by atoms with van der Waals surface area (Å²) in [6, 6.07) is 12.1. The van der Waals surface area contributed by atoms with Gasteiger partial charge in [0.1, 0.15) is 6.54 Å². The van der Waals surface area contributed by atoms with E-state index in [1.807, 2.05) is 28.7 Å². The van der Waals surface area contributed by atoms with Crippen LogP contribution in [0.5, 0.6) is 11.5 Å². The summed E-state index contributed by atoms with van der Waals surface area (Å²) >= 11 is 2.73. The minimum atomic E-state index is -0.538. The normalized spacial score (nSPS) is 15.1. The molecule has 1 fully saturated rings. The fraction of sp³-hybridized carbons (Fsp3) is 0.150. The van der Waals surface area contributed by atoms with Crippen molar-refractivity contribution in [2.75, 3.05) is 18.5 Å². The number of phenolic OH excluding ortho intramolecular Hbond substituents is 1. The lowest BCUT2D eigenvalue weighted by Crippen LogP contribution is -2.36. The molecule has 7 nitrogen and oxygen atoms in total. The number of ether oxygens (including phenoxy) is 1. The van der Waals surface area contributed by atoms with E-state index >= 15 is 0 Å². The van der Waals surface area contributed by atoms with Gasteiger partial charge in [-0.2, -0.15) is 0 Å². The molecule has 0 unspecified atom stereocenters. The monoisotopic (exact) mass is 524 g/mol. The third-order valence-corrected chi connectivity index (χ3v) is 5.61. The number of hydrogen-bond acceptors (Lipinski definition) is 6. The molecule has 9 heteroatoms. The van der Waals surface area contributed by atoms with Crippen molar-refractivity contribution in [3.63, 3.8) is 0 Å². The van der Waals surface area contributed by atoms with Crippen molar-refractivity contribution < 1.29 is 24.2 Å². The molecule has 1 aliphatic rings. The summed E-state index contributed by atoms with van der Waals surface area (Å²) < 4.78 is 5.95. The first kappa shape index (κ1) is 21.2. The van der Waals surface area contributed by atoms with E-state index in [1.54, 1.807) is 49.4 Å². The fourth-order valence-electron chi connectivity index (χ4n) is 2.60. The molecule has 3 rings (SSSR count). The second kappa shape index (κ2) is 9.31. The Kier molecular flexibility index (Phi) is 6.80. The van der Waals surface area contributed by atoms with Crippen molar-refractivity contribution in [2.45, 2.75) is 6.92 Å². The maximum atomic E-state index is 12.6. The fourth-order valence-corrected chi connectivity index (χ4v) is 4.06. The second-order valence-electron chi connectivity index (χ2n) is 5.96. The number of amides is 3. The highest BCUT2D eigenvalue weighted by atomic mass is 127. The number of hydrogen-bond donors (Lipinski definition) is 2. The highest BCUT2D eigenvalue weighted by Crippen LogP contribution is 2.36. The molecule has 1 saturated heterocycles. The van der Waals surface area contributed by atoms with Gasteiger partial charge in [0.2, 0.25) is 5.91 Å². The van der Waals surface area contributed by atoms with Crippen LogP contribution < -0.4 is 10.1 Å². The number of anilines is 1. The summed E-state index contributed by atoms with van der Waals surface area (Å²) in [5, 5.41) is 12.2. The number of benzene rings is 2. The molecule has 0 bridgehead atoms. The Labute approximate surface area is 185 Å². The molecule has 3 amide bonds. The molecule has 0 atom stereocenters. The molecular formula is C20H17IN2O5S. The Morgan fingerprint density at radius 3 is 2.69 bits per heavy atom. The van der Waals surface area contributed by atoms with E-state index in [0.717, 1.165) is 16.7 Å². The van der Waals surface area contributed by atoms with E-state index in [4.69, 9.17) is 4.74 Å².